The second-order valence-corrected chi connectivity index (χ2v) is 4.73. The van der Waals surface area contributed by atoms with Crippen LogP contribution in [-0.4, -0.2) is 11.5 Å². The Kier molecular flexibility index (Phi) is 1.68. The van der Waals surface area contributed by atoms with Gasteiger partial charge in [0.05, 0.1) is 0 Å². The average molecular weight is 188 g/mol. The fourth-order valence-electron chi connectivity index (χ4n) is 3.00. The molecule has 1 aromatic rings. The van der Waals surface area contributed by atoms with Crippen LogP contribution in [0.1, 0.15) is 36.3 Å². The van der Waals surface area contributed by atoms with Crippen molar-refractivity contribution < 1.29 is 0 Å². The molecular weight excluding hydrogens is 172 g/mol. The first kappa shape index (κ1) is 8.42. The van der Waals surface area contributed by atoms with Crippen molar-refractivity contribution in [3.8, 4) is 0 Å². The molecule has 0 aromatic carbocycles. The number of nitrogens with zero attached hydrogens (tertiary/aromatic N) is 1. The van der Waals surface area contributed by atoms with Gasteiger partial charge in [0.1, 0.15) is 0 Å². The normalized spacial score (nSPS) is 27.4. The van der Waals surface area contributed by atoms with Crippen molar-refractivity contribution in [2.24, 2.45) is 11.1 Å². The Morgan fingerprint density at radius 3 is 3.00 bits per heavy atom. The minimum absolute atomic E-state index is 0.574. The molecule has 2 N–H and O–H groups in total. The summed E-state index contributed by atoms with van der Waals surface area (Å²) in [6, 6.07) is 2.16. The number of hydrogen-bond donors (Lipinski definition) is 1. The fourth-order valence-corrected chi connectivity index (χ4v) is 3.00. The first-order chi connectivity index (χ1) is 6.86. The first-order valence-electron chi connectivity index (χ1n) is 5.49. The molecule has 1 aromatic heterocycles. The second kappa shape index (κ2) is 2.80. The smallest absolute Gasteiger partial charge is 0.0306 e. The molecule has 3 rings (SSSR count). The van der Waals surface area contributed by atoms with Crippen LogP contribution in [0.15, 0.2) is 18.5 Å². The van der Waals surface area contributed by atoms with Crippen molar-refractivity contribution in [2.75, 3.05) is 6.54 Å². The molecule has 2 aliphatic carbocycles. The van der Waals surface area contributed by atoms with E-state index in [1.165, 1.54) is 36.8 Å². The van der Waals surface area contributed by atoms with Crippen LogP contribution in [0.2, 0.25) is 0 Å². The molecule has 1 unspecified atom stereocenters. The van der Waals surface area contributed by atoms with Gasteiger partial charge in [-0.25, -0.2) is 0 Å². The Hall–Kier alpha value is -0.890. The molecule has 0 amide bonds. The monoisotopic (exact) mass is 188 g/mol. The largest absolute Gasteiger partial charge is 0.330 e. The molecule has 2 heteroatoms. The summed E-state index contributed by atoms with van der Waals surface area (Å²) in [4.78, 5) is 4.23. The molecule has 0 radical (unpaired) electrons. The van der Waals surface area contributed by atoms with Crippen molar-refractivity contribution in [2.45, 2.75) is 31.6 Å². The molecule has 0 bridgehead atoms. The minimum Gasteiger partial charge on any atom is -0.330 e. The van der Waals surface area contributed by atoms with Gasteiger partial charge in [0.2, 0.25) is 0 Å². The average Bonchev–Trinajstić information content (AvgIpc) is 2.99. The van der Waals surface area contributed by atoms with Crippen LogP contribution in [0.5, 0.6) is 0 Å². The summed E-state index contributed by atoms with van der Waals surface area (Å²) in [6.07, 6.45) is 9.26. The highest BCUT2D eigenvalue weighted by atomic mass is 14.7. The first-order valence-corrected chi connectivity index (χ1v) is 5.49. The lowest BCUT2D eigenvalue weighted by atomic mass is 9.73. The van der Waals surface area contributed by atoms with Gasteiger partial charge in [0, 0.05) is 18.3 Å². The molecule has 0 saturated heterocycles. The predicted octanol–water partition coefficient (Wildman–Crippen LogP) is 1.85. The van der Waals surface area contributed by atoms with Crippen molar-refractivity contribution >= 4 is 0 Å². The highest BCUT2D eigenvalue weighted by Gasteiger charge is 2.51. The third kappa shape index (κ3) is 1.04. The predicted molar refractivity (Wildman–Crippen MR) is 56.0 cm³/mol. The van der Waals surface area contributed by atoms with E-state index in [9.17, 15) is 0 Å². The van der Waals surface area contributed by atoms with Crippen LogP contribution in [-0.2, 0) is 6.42 Å². The minimum atomic E-state index is 0.574. The Balaban J connectivity index is 2.06. The molecule has 1 fully saturated rings. The number of nitrogens with two attached hydrogens (primary N) is 1. The maximum absolute atomic E-state index is 5.91. The van der Waals surface area contributed by atoms with Crippen LogP contribution in [0.4, 0.5) is 0 Å². The Bertz CT molecular complexity index is 355. The molecule has 2 nitrogen and oxygen atoms in total. The van der Waals surface area contributed by atoms with Crippen molar-refractivity contribution in [3.05, 3.63) is 29.6 Å². The van der Waals surface area contributed by atoms with Gasteiger partial charge in [0.15, 0.2) is 0 Å². The fraction of sp³-hybridized carbons (Fsp3) is 0.583. The quantitative estimate of drug-likeness (QED) is 0.730. The van der Waals surface area contributed by atoms with E-state index in [0.29, 0.717) is 11.3 Å². The maximum atomic E-state index is 5.91. The van der Waals surface area contributed by atoms with E-state index in [2.05, 4.69) is 11.1 Å². The molecule has 2 aliphatic rings. The standard InChI is InChI=1S/C12H16N2/c13-7-11-10-8-14-6-2-9(10)1-3-12(11)4-5-12/h2,6,8,11H,1,3-5,7,13H2. The van der Waals surface area contributed by atoms with Crippen molar-refractivity contribution in [1.82, 2.24) is 4.98 Å². The molecule has 1 saturated carbocycles. The van der Waals surface area contributed by atoms with Gasteiger partial charge in [-0.2, -0.15) is 0 Å². The Labute approximate surface area is 84.5 Å². The molecule has 1 atom stereocenters. The van der Waals surface area contributed by atoms with E-state index in [1.54, 1.807) is 0 Å². The van der Waals surface area contributed by atoms with Gasteiger partial charge in [-0.05, 0) is 54.8 Å². The van der Waals surface area contributed by atoms with Crippen LogP contribution in [0, 0.1) is 5.41 Å². The summed E-state index contributed by atoms with van der Waals surface area (Å²) >= 11 is 0. The zero-order chi connectivity index (χ0) is 9.60. The summed E-state index contributed by atoms with van der Waals surface area (Å²) in [5.41, 5.74) is 9.39. The summed E-state index contributed by atoms with van der Waals surface area (Å²) < 4.78 is 0. The number of aryl methyl sites for hydroxylation is 1. The molecule has 1 spiro atoms. The third-order valence-corrected chi connectivity index (χ3v) is 4.08. The van der Waals surface area contributed by atoms with E-state index >= 15 is 0 Å². The number of hydrogen-bond acceptors (Lipinski definition) is 2. The third-order valence-electron chi connectivity index (χ3n) is 4.08. The second-order valence-electron chi connectivity index (χ2n) is 4.73. The Morgan fingerprint density at radius 1 is 1.43 bits per heavy atom. The number of pyridine rings is 1. The van der Waals surface area contributed by atoms with E-state index in [4.69, 9.17) is 5.73 Å². The molecule has 14 heavy (non-hydrogen) atoms. The lowest BCUT2D eigenvalue weighted by Crippen LogP contribution is -2.28. The SMILES string of the molecule is NCC1c2cnccc2CCC12CC2. The van der Waals surface area contributed by atoms with Gasteiger partial charge in [-0.3, -0.25) is 4.98 Å². The highest BCUT2D eigenvalue weighted by molar-refractivity contribution is 5.34. The van der Waals surface area contributed by atoms with E-state index in [1.807, 2.05) is 12.4 Å². The van der Waals surface area contributed by atoms with Crippen LogP contribution >= 0.6 is 0 Å². The van der Waals surface area contributed by atoms with Gasteiger partial charge in [-0.15, -0.1) is 0 Å². The highest BCUT2D eigenvalue weighted by Crippen LogP contribution is 2.61. The molecule has 0 aliphatic heterocycles. The van der Waals surface area contributed by atoms with E-state index in [-0.39, 0.29) is 0 Å². The van der Waals surface area contributed by atoms with Crippen LogP contribution in [0.25, 0.3) is 0 Å². The zero-order valence-electron chi connectivity index (χ0n) is 8.37. The van der Waals surface area contributed by atoms with Gasteiger partial charge in [0.25, 0.3) is 0 Å². The molecule has 74 valence electrons. The van der Waals surface area contributed by atoms with Gasteiger partial charge < -0.3 is 5.73 Å². The zero-order valence-corrected chi connectivity index (χ0v) is 8.37. The summed E-state index contributed by atoms with van der Waals surface area (Å²) in [5, 5.41) is 0. The lowest BCUT2D eigenvalue weighted by molar-refractivity contribution is 0.351. The number of rotatable bonds is 1. The molecule has 1 heterocycles. The van der Waals surface area contributed by atoms with Crippen LogP contribution < -0.4 is 5.73 Å². The summed E-state index contributed by atoms with van der Waals surface area (Å²) in [6.45, 7) is 0.790. The summed E-state index contributed by atoms with van der Waals surface area (Å²) in [7, 11) is 0. The van der Waals surface area contributed by atoms with Gasteiger partial charge in [-0.1, -0.05) is 0 Å². The topological polar surface area (TPSA) is 38.9 Å². The van der Waals surface area contributed by atoms with Crippen molar-refractivity contribution in [1.29, 1.82) is 0 Å². The van der Waals surface area contributed by atoms with E-state index in [0.717, 1.165) is 6.54 Å². The number of aromatic nitrogens is 1. The van der Waals surface area contributed by atoms with Crippen LogP contribution in [0.3, 0.4) is 0 Å². The maximum Gasteiger partial charge on any atom is 0.0306 e. The number of fused-ring (bicyclic) bond motifs is 1. The summed E-state index contributed by atoms with van der Waals surface area (Å²) in [5.74, 6) is 0.583. The van der Waals surface area contributed by atoms with Crippen molar-refractivity contribution in [3.63, 3.8) is 0 Å². The molecular formula is C12H16N2. The van der Waals surface area contributed by atoms with E-state index < -0.39 is 0 Å². The van der Waals surface area contributed by atoms with Gasteiger partial charge >= 0.3 is 0 Å². The Morgan fingerprint density at radius 2 is 2.29 bits per heavy atom. The lowest BCUT2D eigenvalue weighted by Gasteiger charge is -2.32.